The molecule has 2 rings (SSSR count). The summed E-state index contributed by atoms with van der Waals surface area (Å²) in [6.07, 6.45) is -4.97. The third-order valence-electron chi connectivity index (χ3n) is 2.87. The highest BCUT2D eigenvalue weighted by atomic mass is 32.2. The minimum Gasteiger partial charge on any atom is -0.481 e. The van der Waals surface area contributed by atoms with E-state index >= 15 is 0 Å². The SMILES string of the molecule is O=C(O)CCC1=CS(=O)(=O)c2cc(C(F)(F)F)ccc21. The van der Waals surface area contributed by atoms with E-state index in [2.05, 4.69) is 0 Å². The Hall–Kier alpha value is -1.83. The van der Waals surface area contributed by atoms with E-state index in [9.17, 15) is 26.4 Å². The molecule has 0 amide bonds. The number of allylic oxidation sites excluding steroid dienone is 1. The van der Waals surface area contributed by atoms with E-state index in [0.29, 0.717) is 6.07 Å². The predicted octanol–water partition coefficient (Wildman–Crippen LogP) is 2.70. The normalized spacial score (nSPS) is 16.6. The average Bonchev–Trinajstić information content (AvgIpc) is 2.57. The van der Waals surface area contributed by atoms with Gasteiger partial charge in [0.15, 0.2) is 0 Å². The molecule has 108 valence electrons. The molecule has 0 aliphatic carbocycles. The molecule has 1 aliphatic rings. The Bertz CT molecular complexity index is 702. The number of carboxylic acids is 1. The molecule has 0 saturated carbocycles. The summed E-state index contributed by atoms with van der Waals surface area (Å²) < 4.78 is 61.3. The van der Waals surface area contributed by atoms with Crippen molar-refractivity contribution in [3.8, 4) is 0 Å². The van der Waals surface area contributed by atoms with Crippen molar-refractivity contribution in [2.24, 2.45) is 0 Å². The Morgan fingerprint density at radius 2 is 1.90 bits per heavy atom. The van der Waals surface area contributed by atoms with Crippen molar-refractivity contribution in [1.29, 1.82) is 0 Å². The number of hydrogen-bond acceptors (Lipinski definition) is 3. The number of hydrogen-bond donors (Lipinski definition) is 1. The van der Waals surface area contributed by atoms with Crippen LogP contribution in [0, 0.1) is 0 Å². The van der Waals surface area contributed by atoms with Gasteiger partial charge >= 0.3 is 12.1 Å². The molecule has 0 bridgehead atoms. The zero-order chi connectivity index (χ0) is 15.1. The van der Waals surface area contributed by atoms with Gasteiger partial charge in [-0.1, -0.05) is 6.07 Å². The molecule has 1 aliphatic heterocycles. The zero-order valence-electron chi connectivity index (χ0n) is 9.94. The Kier molecular flexibility index (Phi) is 3.37. The number of rotatable bonds is 3. The highest BCUT2D eigenvalue weighted by molar-refractivity contribution is 7.95. The molecule has 0 radical (unpaired) electrons. The molecular formula is C12H9F3O4S. The van der Waals surface area contributed by atoms with Gasteiger partial charge in [0.25, 0.3) is 0 Å². The first-order valence-electron chi connectivity index (χ1n) is 5.50. The summed E-state index contributed by atoms with van der Waals surface area (Å²) in [5.74, 6) is -1.11. The number of sulfone groups is 1. The number of carbonyl (C=O) groups is 1. The van der Waals surface area contributed by atoms with Gasteiger partial charge in [-0.05, 0) is 29.7 Å². The molecule has 0 unspecified atom stereocenters. The summed E-state index contributed by atoms with van der Waals surface area (Å²) in [6, 6.07) is 2.43. The maximum absolute atomic E-state index is 12.6. The molecule has 0 spiro atoms. The van der Waals surface area contributed by atoms with Crippen LogP contribution in [0.1, 0.15) is 24.0 Å². The van der Waals surface area contributed by atoms with Crippen LogP contribution in [0.5, 0.6) is 0 Å². The third kappa shape index (κ3) is 2.69. The van der Waals surface area contributed by atoms with Gasteiger partial charge in [-0.25, -0.2) is 8.42 Å². The lowest BCUT2D eigenvalue weighted by atomic mass is 10.0. The Balaban J connectivity index is 2.46. The first-order valence-corrected chi connectivity index (χ1v) is 7.05. The summed E-state index contributed by atoms with van der Waals surface area (Å²) in [7, 11) is -3.94. The van der Waals surface area contributed by atoms with Crippen LogP contribution in [0.4, 0.5) is 13.2 Å². The fourth-order valence-corrected chi connectivity index (χ4v) is 3.49. The quantitative estimate of drug-likeness (QED) is 0.932. The van der Waals surface area contributed by atoms with E-state index in [1.165, 1.54) is 0 Å². The van der Waals surface area contributed by atoms with Crippen molar-refractivity contribution in [1.82, 2.24) is 0 Å². The van der Waals surface area contributed by atoms with Gasteiger partial charge in [0.05, 0.1) is 10.5 Å². The van der Waals surface area contributed by atoms with Crippen molar-refractivity contribution < 1.29 is 31.5 Å². The van der Waals surface area contributed by atoms with Gasteiger partial charge in [-0.15, -0.1) is 0 Å². The van der Waals surface area contributed by atoms with Crippen LogP contribution in [-0.2, 0) is 20.8 Å². The van der Waals surface area contributed by atoms with Gasteiger partial charge in [0.1, 0.15) is 0 Å². The van der Waals surface area contributed by atoms with Crippen molar-refractivity contribution in [2.75, 3.05) is 0 Å². The smallest absolute Gasteiger partial charge is 0.416 e. The fourth-order valence-electron chi connectivity index (χ4n) is 1.95. The van der Waals surface area contributed by atoms with Crippen LogP contribution < -0.4 is 0 Å². The lowest BCUT2D eigenvalue weighted by Gasteiger charge is -2.09. The van der Waals surface area contributed by atoms with Crippen LogP contribution in [0.25, 0.3) is 5.57 Å². The zero-order valence-corrected chi connectivity index (χ0v) is 10.8. The molecule has 0 aromatic heterocycles. The minimum atomic E-state index is -4.63. The first kappa shape index (κ1) is 14.6. The maximum Gasteiger partial charge on any atom is 0.416 e. The maximum atomic E-state index is 12.6. The average molecular weight is 306 g/mol. The van der Waals surface area contributed by atoms with E-state index in [1.54, 1.807) is 0 Å². The van der Waals surface area contributed by atoms with Gasteiger partial charge in [0.2, 0.25) is 9.84 Å². The third-order valence-corrected chi connectivity index (χ3v) is 4.41. The van der Waals surface area contributed by atoms with Crippen molar-refractivity contribution in [3.63, 3.8) is 0 Å². The van der Waals surface area contributed by atoms with Crippen molar-refractivity contribution in [3.05, 3.63) is 34.7 Å². The van der Waals surface area contributed by atoms with Crippen LogP contribution >= 0.6 is 0 Å². The highest BCUT2D eigenvalue weighted by Gasteiger charge is 2.34. The first-order chi connectivity index (χ1) is 9.11. The number of fused-ring (bicyclic) bond motifs is 1. The molecule has 1 heterocycles. The van der Waals surface area contributed by atoms with Crippen LogP contribution in [-0.4, -0.2) is 19.5 Å². The van der Waals surface area contributed by atoms with E-state index in [0.717, 1.165) is 17.5 Å². The molecule has 8 heteroatoms. The van der Waals surface area contributed by atoms with Crippen LogP contribution in [0.15, 0.2) is 28.5 Å². The number of benzene rings is 1. The fraction of sp³-hybridized carbons (Fsp3) is 0.250. The molecule has 0 atom stereocenters. The van der Waals surface area contributed by atoms with Crippen molar-refractivity contribution in [2.45, 2.75) is 23.9 Å². The topological polar surface area (TPSA) is 71.4 Å². The summed E-state index contributed by atoms with van der Waals surface area (Å²) in [5.41, 5.74) is -0.692. The number of carboxylic acid groups (broad SMARTS) is 1. The largest absolute Gasteiger partial charge is 0.481 e. The van der Waals surface area contributed by atoms with Gasteiger partial charge < -0.3 is 5.11 Å². The molecular weight excluding hydrogens is 297 g/mol. The second-order valence-corrected chi connectivity index (χ2v) is 6.06. The molecule has 1 N–H and O–H groups in total. The van der Waals surface area contributed by atoms with E-state index in [4.69, 9.17) is 5.11 Å². The van der Waals surface area contributed by atoms with Gasteiger partial charge in [-0.2, -0.15) is 13.2 Å². The van der Waals surface area contributed by atoms with Crippen molar-refractivity contribution >= 4 is 21.4 Å². The molecule has 1 aromatic rings. The summed E-state index contributed by atoms with van der Waals surface area (Å²) >= 11 is 0. The number of aliphatic carboxylic acids is 1. The predicted molar refractivity (Wildman–Crippen MR) is 63.5 cm³/mol. The van der Waals surface area contributed by atoms with Gasteiger partial charge in [-0.3, -0.25) is 4.79 Å². The molecule has 0 fully saturated rings. The number of halogens is 3. The second kappa shape index (κ2) is 4.62. The summed E-state index contributed by atoms with van der Waals surface area (Å²) in [6.45, 7) is 0. The number of alkyl halides is 3. The van der Waals surface area contributed by atoms with Crippen LogP contribution in [0.3, 0.4) is 0 Å². The highest BCUT2D eigenvalue weighted by Crippen LogP contribution is 2.39. The van der Waals surface area contributed by atoms with Gasteiger partial charge in [0, 0.05) is 11.8 Å². The molecule has 20 heavy (non-hydrogen) atoms. The Morgan fingerprint density at radius 1 is 1.25 bits per heavy atom. The molecule has 0 saturated heterocycles. The molecule has 1 aromatic carbocycles. The minimum absolute atomic E-state index is 0.0487. The molecule has 4 nitrogen and oxygen atoms in total. The van der Waals surface area contributed by atoms with E-state index in [-0.39, 0.29) is 24.0 Å². The Morgan fingerprint density at radius 3 is 2.45 bits per heavy atom. The lowest BCUT2D eigenvalue weighted by molar-refractivity contribution is -0.138. The standard InChI is InChI=1S/C12H9F3O4S/c13-12(14,15)8-2-3-9-7(1-4-11(16)17)6-20(18,19)10(9)5-8/h2-3,5-6H,1,4H2,(H,16,17). The van der Waals surface area contributed by atoms with E-state index in [1.807, 2.05) is 0 Å². The monoisotopic (exact) mass is 306 g/mol. The second-order valence-electron chi connectivity index (χ2n) is 4.29. The lowest BCUT2D eigenvalue weighted by Crippen LogP contribution is -2.06. The summed E-state index contributed by atoms with van der Waals surface area (Å²) in [4.78, 5) is 10.1. The Labute approximate surface area is 112 Å². The summed E-state index contributed by atoms with van der Waals surface area (Å²) in [5, 5.41) is 9.41. The van der Waals surface area contributed by atoms with Crippen LogP contribution in [0.2, 0.25) is 0 Å². The van der Waals surface area contributed by atoms with E-state index < -0.39 is 32.4 Å².